The van der Waals surface area contributed by atoms with Crippen LogP contribution in [0, 0.1) is 6.92 Å². The van der Waals surface area contributed by atoms with Crippen molar-refractivity contribution in [2.45, 2.75) is 39.3 Å². The Kier molecular flexibility index (Phi) is 5.25. The zero-order valence-electron chi connectivity index (χ0n) is 14.3. The van der Waals surface area contributed by atoms with Crippen molar-refractivity contribution in [2.75, 3.05) is 19.7 Å². The molecule has 0 bridgehead atoms. The molecule has 1 aromatic carbocycles. The summed E-state index contributed by atoms with van der Waals surface area (Å²) in [5.74, 6) is 0.182. The average molecular weight is 328 g/mol. The van der Waals surface area contributed by atoms with Crippen LogP contribution < -0.4 is 0 Å². The molecular weight excluding hydrogens is 304 g/mol. The lowest BCUT2D eigenvalue weighted by Crippen LogP contribution is -2.30. The molecule has 1 unspecified atom stereocenters. The van der Waals surface area contributed by atoms with E-state index in [1.54, 1.807) is 0 Å². The lowest BCUT2D eigenvalue weighted by atomic mass is 10.1. The van der Waals surface area contributed by atoms with Crippen molar-refractivity contribution in [1.29, 1.82) is 0 Å². The van der Waals surface area contributed by atoms with Gasteiger partial charge in [-0.1, -0.05) is 29.5 Å². The number of aryl methyl sites for hydroxylation is 1. The van der Waals surface area contributed by atoms with E-state index >= 15 is 0 Å². The molecule has 2 heterocycles. The molecule has 1 aliphatic rings. The summed E-state index contributed by atoms with van der Waals surface area (Å²) in [7, 11) is 0. The van der Waals surface area contributed by atoms with Crippen molar-refractivity contribution in [3.05, 3.63) is 47.3 Å². The van der Waals surface area contributed by atoms with Gasteiger partial charge in [0.1, 0.15) is 5.69 Å². The maximum Gasteiger partial charge on any atom is 0.227 e. The predicted octanol–water partition coefficient (Wildman–Crippen LogP) is 2.14. The summed E-state index contributed by atoms with van der Waals surface area (Å²) < 4.78 is 7.22. The van der Waals surface area contributed by atoms with Gasteiger partial charge in [0.25, 0.3) is 0 Å². The van der Waals surface area contributed by atoms with Gasteiger partial charge in [-0.3, -0.25) is 4.79 Å². The number of benzene rings is 1. The number of likely N-dealkylation sites (tertiary alicyclic amines) is 1. The number of amides is 1. The number of carbonyl (C=O) groups is 1. The lowest BCUT2D eigenvalue weighted by molar-refractivity contribution is -0.129. The summed E-state index contributed by atoms with van der Waals surface area (Å²) >= 11 is 0. The summed E-state index contributed by atoms with van der Waals surface area (Å²) in [5.41, 5.74) is 3.10. The van der Waals surface area contributed by atoms with E-state index in [1.165, 1.54) is 5.56 Å². The molecular formula is C18H24N4O2. The quantitative estimate of drug-likeness (QED) is 0.815. The van der Waals surface area contributed by atoms with Gasteiger partial charge in [0.05, 0.1) is 25.3 Å². The van der Waals surface area contributed by atoms with E-state index in [0.29, 0.717) is 26.2 Å². The Labute approximate surface area is 142 Å². The van der Waals surface area contributed by atoms with Crippen molar-refractivity contribution < 1.29 is 9.53 Å². The third-order valence-electron chi connectivity index (χ3n) is 4.50. The highest BCUT2D eigenvalue weighted by atomic mass is 16.5. The van der Waals surface area contributed by atoms with Gasteiger partial charge in [0, 0.05) is 19.7 Å². The van der Waals surface area contributed by atoms with Crippen LogP contribution in [0.15, 0.2) is 30.5 Å². The van der Waals surface area contributed by atoms with Gasteiger partial charge in [0.15, 0.2) is 0 Å². The number of ether oxygens (including phenoxy) is 1. The number of aromatic nitrogens is 3. The van der Waals surface area contributed by atoms with Gasteiger partial charge in [-0.25, -0.2) is 4.68 Å². The molecule has 0 spiro atoms. The maximum atomic E-state index is 12.6. The molecule has 0 N–H and O–H groups in total. The molecule has 0 aliphatic carbocycles. The second-order valence-corrected chi connectivity index (χ2v) is 6.21. The Bertz CT molecular complexity index is 698. The second-order valence-electron chi connectivity index (χ2n) is 6.21. The minimum Gasteiger partial charge on any atom is -0.375 e. The van der Waals surface area contributed by atoms with Gasteiger partial charge < -0.3 is 9.64 Å². The Hall–Kier alpha value is -2.21. The van der Waals surface area contributed by atoms with E-state index in [2.05, 4.69) is 10.3 Å². The van der Waals surface area contributed by atoms with Crippen LogP contribution in [0.3, 0.4) is 0 Å². The largest absolute Gasteiger partial charge is 0.375 e. The van der Waals surface area contributed by atoms with Crippen LogP contribution in [0.1, 0.15) is 36.2 Å². The third-order valence-corrected chi connectivity index (χ3v) is 4.50. The van der Waals surface area contributed by atoms with E-state index in [0.717, 1.165) is 24.2 Å². The number of nitrogens with zero attached hydrogens (tertiary/aromatic N) is 4. The van der Waals surface area contributed by atoms with Crippen molar-refractivity contribution in [3.63, 3.8) is 0 Å². The molecule has 2 aromatic rings. The van der Waals surface area contributed by atoms with Gasteiger partial charge in [-0.15, -0.1) is 5.10 Å². The maximum absolute atomic E-state index is 12.6. The van der Waals surface area contributed by atoms with Crippen LogP contribution in [0.4, 0.5) is 0 Å². The fourth-order valence-electron chi connectivity index (χ4n) is 3.03. The normalized spacial score (nSPS) is 17.4. The topological polar surface area (TPSA) is 60.2 Å². The Morgan fingerprint density at radius 1 is 1.38 bits per heavy atom. The van der Waals surface area contributed by atoms with E-state index in [9.17, 15) is 4.79 Å². The first kappa shape index (κ1) is 16.6. The standard InChI is InChI=1S/C18H24N4O2/c1-3-24-13-16-11-22(20-19-16)17-8-9-21(12-17)18(23)10-15-7-5-4-6-14(15)2/h4-7,11,17H,3,8-10,12-13H2,1-2H3. The van der Waals surface area contributed by atoms with Gasteiger partial charge >= 0.3 is 0 Å². The Morgan fingerprint density at radius 2 is 2.21 bits per heavy atom. The van der Waals surface area contributed by atoms with Gasteiger partial charge in [0.2, 0.25) is 5.91 Å². The average Bonchev–Trinajstić information content (AvgIpc) is 3.24. The number of hydrogen-bond donors (Lipinski definition) is 0. The summed E-state index contributed by atoms with van der Waals surface area (Å²) in [5, 5.41) is 8.32. The van der Waals surface area contributed by atoms with Crippen molar-refractivity contribution >= 4 is 5.91 Å². The number of hydrogen-bond acceptors (Lipinski definition) is 4. The van der Waals surface area contributed by atoms with Crippen LogP contribution in [-0.4, -0.2) is 45.5 Å². The van der Waals surface area contributed by atoms with Crippen molar-refractivity contribution in [1.82, 2.24) is 19.9 Å². The minimum absolute atomic E-state index is 0.182. The molecule has 0 radical (unpaired) electrons. The smallest absolute Gasteiger partial charge is 0.227 e. The van der Waals surface area contributed by atoms with E-state index in [1.807, 2.05) is 53.9 Å². The molecule has 6 heteroatoms. The molecule has 1 aromatic heterocycles. The van der Waals surface area contributed by atoms with E-state index in [4.69, 9.17) is 4.74 Å². The molecule has 0 saturated carbocycles. The fraction of sp³-hybridized carbons (Fsp3) is 0.500. The van der Waals surface area contributed by atoms with Crippen LogP contribution in [0.2, 0.25) is 0 Å². The van der Waals surface area contributed by atoms with E-state index in [-0.39, 0.29) is 11.9 Å². The van der Waals surface area contributed by atoms with Crippen molar-refractivity contribution in [2.24, 2.45) is 0 Å². The summed E-state index contributed by atoms with van der Waals surface area (Å²) in [6.07, 6.45) is 3.30. The summed E-state index contributed by atoms with van der Waals surface area (Å²) in [6, 6.07) is 8.26. The van der Waals surface area contributed by atoms with Crippen LogP contribution in [0.25, 0.3) is 0 Å². The van der Waals surface area contributed by atoms with Crippen LogP contribution in [-0.2, 0) is 22.6 Å². The highest BCUT2D eigenvalue weighted by Crippen LogP contribution is 2.22. The second kappa shape index (κ2) is 7.57. The summed E-state index contributed by atoms with van der Waals surface area (Å²) in [4.78, 5) is 14.5. The van der Waals surface area contributed by atoms with Gasteiger partial charge in [-0.2, -0.15) is 0 Å². The highest BCUT2D eigenvalue weighted by molar-refractivity contribution is 5.79. The SMILES string of the molecule is CCOCc1cn(C2CCN(C(=O)Cc3ccccc3C)C2)nn1. The first-order chi connectivity index (χ1) is 11.7. The zero-order chi connectivity index (χ0) is 16.9. The monoisotopic (exact) mass is 328 g/mol. The fourth-order valence-corrected chi connectivity index (χ4v) is 3.03. The molecule has 24 heavy (non-hydrogen) atoms. The molecule has 1 fully saturated rings. The molecule has 1 atom stereocenters. The zero-order valence-corrected chi connectivity index (χ0v) is 14.3. The van der Waals surface area contributed by atoms with Crippen molar-refractivity contribution in [3.8, 4) is 0 Å². The van der Waals surface area contributed by atoms with E-state index < -0.39 is 0 Å². The van der Waals surface area contributed by atoms with Gasteiger partial charge in [-0.05, 0) is 31.4 Å². The highest BCUT2D eigenvalue weighted by Gasteiger charge is 2.28. The first-order valence-corrected chi connectivity index (χ1v) is 8.48. The summed E-state index contributed by atoms with van der Waals surface area (Å²) in [6.45, 7) is 6.62. The molecule has 3 rings (SSSR count). The molecule has 128 valence electrons. The Morgan fingerprint density at radius 3 is 3.00 bits per heavy atom. The van der Waals surface area contributed by atoms with Crippen LogP contribution in [0.5, 0.6) is 0 Å². The minimum atomic E-state index is 0.182. The molecule has 6 nitrogen and oxygen atoms in total. The third kappa shape index (κ3) is 3.82. The lowest BCUT2D eigenvalue weighted by Gasteiger charge is -2.17. The number of rotatable bonds is 6. The van der Waals surface area contributed by atoms with Crippen LogP contribution >= 0.6 is 0 Å². The molecule has 1 aliphatic heterocycles. The molecule has 1 saturated heterocycles. The predicted molar refractivity (Wildman–Crippen MR) is 90.5 cm³/mol. The number of carbonyl (C=O) groups excluding carboxylic acids is 1. The Balaban J connectivity index is 1.57. The molecule has 1 amide bonds. The first-order valence-electron chi connectivity index (χ1n) is 8.48.